The van der Waals surface area contributed by atoms with Crippen molar-refractivity contribution in [2.75, 3.05) is 56.2 Å². The number of likely N-dealkylation sites (N-methyl/N-ethyl adjacent to an activating group) is 1. The highest BCUT2D eigenvalue weighted by Crippen LogP contribution is 2.36. The first kappa shape index (κ1) is 30.8. The number of ether oxygens (including phenoxy) is 1. The van der Waals surface area contributed by atoms with Crippen molar-refractivity contribution < 1.29 is 9.53 Å². The number of benzene rings is 2. The number of nitriles is 1. The summed E-state index contributed by atoms with van der Waals surface area (Å²) in [5.41, 5.74) is 4.60. The first-order valence-electron chi connectivity index (χ1n) is 16.5. The zero-order chi connectivity index (χ0) is 31.3. The van der Waals surface area contributed by atoms with Crippen molar-refractivity contribution >= 4 is 28.2 Å². The second kappa shape index (κ2) is 13.9. The molecule has 2 fully saturated rings. The minimum atomic E-state index is -0.230. The Morgan fingerprint density at radius 3 is 2.69 bits per heavy atom. The summed E-state index contributed by atoms with van der Waals surface area (Å²) in [4.78, 5) is 31.5. The van der Waals surface area contributed by atoms with Gasteiger partial charge in [0.2, 0.25) is 5.91 Å². The molecule has 1 saturated heterocycles. The van der Waals surface area contributed by atoms with E-state index in [1.54, 1.807) is 4.90 Å². The molecule has 9 nitrogen and oxygen atoms in total. The third-order valence-electron chi connectivity index (χ3n) is 9.89. The molecule has 1 saturated carbocycles. The van der Waals surface area contributed by atoms with Gasteiger partial charge in [-0.2, -0.15) is 15.2 Å². The van der Waals surface area contributed by atoms with Crippen LogP contribution in [-0.4, -0.2) is 84.1 Å². The van der Waals surface area contributed by atoms with Gasteiger partial charge in [-0.05, 0) is 56.3 Å². The monoisotopic (exact) mass is 607 g/mol. The quantitative estimate of drug-likeness (QED) is 0.305. The average Bonchev–Trinajstić information content (AvgIpc) is 3.07. The van der Waals surface area contributed by atoms with Crippen LogP contribution in [0.1, 0.15) is 55.3 Å². The van der Waals surface area contributed by atoms with E-state index < -0.39 is 0 Å². The summed E-state index contributed by atoms with van der Waals surface area (Å²) in [7, 11) is 2.20. The number of anilines is 2. The van der Waals surface area contributed by atoms with Crippen LogP contribution >= 0.6 is 0 Å². The normalized spacial score (nSPS) is 19.0. The van der Waals surface area contributed by atoms with Gasteiger partial charge in [-0.15, -0.1) is 0 Å². The largest absolute Gasteiger partial charge is 0.462 e. The van der Waals surface area contributed by atoms with Crippen molar-refractivity contribution in [3.05, 3.63) is 65.9 Å². The number of hydrogen-bond acceptors (Lipinski definition) is 8. The summed E-state index contributed by atoms with van der Waals surface area (Å²) in [5, 5.41) is 12.1. The molecule has 9 heteroatoms. The van der Waals surface area contributed by atoms with Crippen molar-refractivity contribution in [3.8, 4) is 12.1 Å². The molecule has 1 aromatic heterocycles. The molecule has 1 atom stereocenters. The smallest absolute Gasteiger partial charge is 0.318 e. The lowest BCUT2D eigenvalue weighted by molar-refractivity contribution is -0.128. The molecule has 0 spiro atoms. The SMILES string of the molecule is C=CC(=O)N1CCN(c2nc(OCCN(C)C3CCCCC3)nc3c2CCN(c2cccc4cccc(C)c24)C3)C[C@@H]1CC#N. The lowest BCUT2D eigenvalue weighted by atomic mass is 9.94. The average molecular weight is 608 g/mol. The maximum atomic E-state index is 12.6. The van der Waals surface area contributed by atoms with E-state index in [2.05, 4.69) is 77.7 Å². The van der Waals surface area contributed by atoms with Gasteiger partial charge in [0, 0.05) is 55.4 Å². The molecule has 0 N–H and O–H groups in total. The molecule has 2 aromatic carbocycles. The van der Waals surface area contributed by atoms with Crippen LogP contribution in [0.5, 0.6) is 6.01 Å². The van der Waals surface area contributed by atoms with E-state index in [1.165, 1.54) is 60.2 Å². The summed E-state index contributed by atoms with van der Waals surface area (Å²) in [6.07, 6.45) is 8.85. The Morgan fingerprint density at radius 2 is 1.91 bits per heavy atom. The van der Waals surface area contributed by atoms with E-state index in [0.717, 1.165) is 36.6 Å². The predicted octanol–water partition coefficient (Wildman–Crippen LogP) is 5.26. The molecular weight excluding hydrogens is 562 g/mol. The van der Waals surface area contributed by atoms with E-state index in [0.29, 0.717) is 44.8 Å². The van der Waals surface area contributed by atoms with Gasteiger partial charge < -0.3 is 24.3 Å². The topological polar surface area (TPSA) is 88.8 Å². The molecule has 2 aliphatic heterocycles. The molecule has 0 radical (unpaired) electrons. The number of aromatic nitrogens is 2. The molecule has 1 aliphatic carbocycles. The van der Waals surface area contributed by atoms with Crippen LogP contribution in [0.25, 0.3) is 10.8 Å². The minimum Gasteiger partial charge on any atom is -0.462 e. The fraction of sp³-hybridized carbons (Fsp3) is 0.500. The number of nitrogens with zero attached hydrogens (tertiary/aromatic N) is 7. The van der Waals surface area contributed by atoms with Gasteiger partial charge in [-0.3, -0.25) is 4.79 Å². The fourth-order valence-electron chi connectivity index (χ4n) is 7.41. The zero-order valence-corrected chi connectivity index (χ0v) is 26.7. The van der Waals surface area contributed by atoms with Gasteiger partial charge in [0.15, 0.2) is 0 Å². The molecule has 236 valence electrons. The lowest BCUT2D eigenvalue weighted by Gasteiger charge is -2.42. The van der Waals surface area contributed by atoms with Crippen LogP contribution in [0, 0.1) is 18.3 Å². The molecule has 45 heavy (non-hydrogen) atoms. The van der Waals surface area contributed by atoms with Crippen molar-refractivity contribution in [2.45, 2.75) is 70.5 Å². The molecule has 3 heterocycles. The lowest BCUT2D eigenvalue weighted by Crippen LogP contribution is -2.55. The number of hydrogen-bond donors (Lipinski definition) is 0. The number of carbonyl (C=O) groups excluding carboxylic acids is 1. The molecule has 1 amide bonds. The van der Waals surface area contributed by atoms with E-state index in [4.69, 9.17) is 14.7 Å². The van der Waals surface area contributed by atoms with Crippen molar-refractivity contribution in [2.24, 2.45) is 0 Å². The van der Waals surface area contributed by atoms with E-state index in [1.807, 2.05) is 0 Å². The zero-order valence-electron chi connectivity index (χ0n) is 26.7. The van der Waals surface area contributed by atoms with Crippen LogP contribution in [0.2, 0.25) is 0 Å². The molecular formula is C36H45N7O2. The molecule has 0 bridgehead atoms. The first-order chi connectivity index (χ1) is 22.0. The first-order valence-corrected chi connectivity index (χ1v) is 16.5. The highest BCUT2D eigenvalue weighted by molar-refractivity contribution is 5.97. The van der Waals surface area contributed by atoms with Gasteiger partial charge in [0.1, 0.15) is 12.4 Å². The fourth-order valence-corrected chi connectivity index (χ4v) is 7.41. The van der Waals surface area contributed by atoms with Crippen LogP contribution in [-0.2, 0) is 17.8 Å². The van der Waals surface area contributed by atoms with Gasteiger partial charge in [-0.25, -0.2) is 0 Å². The Labute approximate surface area is 267 Å². The van der Waals surface area contributed by atoms with E-state index >= 15 is 0 Å². The number of aryl methyl sites for hydroxylation is 1. The van der Waals surface area contributed by atoms with Gasteiger partial charge in [-0.1, -0.05) is 56.2 Å². The second-order valence-electron chi connectivity index (χ2n) is 12.7. The Hall–Kier alpha value is -4.16. The number of rotatable bonds is 9. The van der Waals surface area contributed by atoms with Crippen molar-refractivity contribution in [3.63, 3.8) is 0 Å². The number of fused-ring (bicyclic) bond motifs is 2. The van der Waals surface area contributed by atoms with Crippen molar-refractivity contribution in [1.82, 2.24) is 19.8 Å². The minimum absolute atomic E-state index is 0.133. The number of amides is 1. The number of carbonyl (C=O) groups is 1. The Morgan fingerprint density at radius 1 is 1.11 bits per heavy atom. The van der Waals surface area contributed by atoms with Crippen LogP contribution in [0.15, 0.2) is 49.1 Å². The standard InChI is InChI=1S/C36H45N7O2/c1-4-33(44)43-21-20-42(24-29(43)16-18-37)35-30-17-19-41(32-15-9-12-27-11-8-10-26(2)34(27)32)25-31(30)38-36(39-35)45-23-22-40(3)28-13-6-5-7-14-28/h4,8-12,15,28-29H,1,5-7,13-14,16-17,19-25H2,2-3H3/t29-/m0/s1. The van der Waals surface area contributed by atoms with Crippen molar-refractivity contribution in [1.29, 1.82) is 5.26 Å². The van der Waals surface area contributed by atoms with Crippen LogP contribution in [0.4, 0.5) is 11.5 Å². The predicted molar refractivity (Wildman–Crippen MR) is 179 cm³/mol. The third-order valence-corrected chi connectivity index (χ3v) is 9.89. The van der Waals surface area contributed by atoms with E-state index in [-0.39, 0.29) is 18.4 Å². The van der Waals surface area contributed by atoms with E-state index in [9.17, 15) is 10.1 Å². The highest BCUT2D eigenvalue weighted by atomic mass is 16.5. The maximum Gasteiger partial charge on any atom is 0.318 e. The number of piperazine rings is 1. The maximum absolute atomic E-state index is 12.6. The van der Waals surface area contributed by atoms with Crippen LogP contribution < -0.4 is 14.5 Å². The molecule has 3 aliphatic rings. The summed E-state index contributed by atoms with van der Waals surface area (Å²) < 4.78 is 6.31. The van der Waals surface area contributed by atoms with Gasteiger partial charge >= 0.3 is 6.01 Å². The second-order valence-corrected chi connectivity index (χ2v) is 12.7. The molecule has 6 rings (SSSR count). The van der Waals surface area contributed by atoms with Gasteiger partial charge in [0.05, 0.1) is 30.8 Å². The summed E-state index contributed by atoms with van der Waals surface area (Å²) in [6.45, 7) is 10.4. The Bertz CT molecular complexity index is 1570. The third kappa shape index (κ3) is 6.62. The summed E-state index contributed by atoms with van der Waals surface area (Å²) in [6, 6.07) is 16.1. The highest BCUT2D eigenvalue weighted by Gasteiger charge is 2.33. The van der Waals surface area contributed by atoms with Gasteiger partial charge in [0.25, 0.3) is 0 Å². The summed E-state index contributed by atoms with van der Waals surface area (Å²) in [5.74, 6) is 0.741. The molecule has 3 aromatic rings. The molecule has 0 unspecified atom stereocenters. The Kier molecular flexibility index (Phi) is 9.50. The van der Waals surface area contributed by atoms with Crippen LogP contribution in [0.3, 0.4) is 0 Å². The Balaban J connectivity index is 1.29. The summed E-state index contributed by atoms with van der Waals surface area (Å²) >= 11 is 0.